The lowest BCUT2D eigenvalue weighted by atomic mass is 10.0. The molecule has 1 heterocycles. The van der Waals surface area contributed by atoms with E-state index >= 15 is 0 Å². The third-order valence-corrected chi connectivity index (χ3v) is 3.43. The van der Waals surface area contributed by atoms with E-state index in [2.05, 4.69) is 5.10 Å². The van der Waals surface area contributed by atoms with Gasteiger partial charge in [0.25, 0.3) is 0 Å². The molecule has 1 N–H and O–H groups in total. The van der Waals surface area contributed by atoms with E-state index in [0.29, 0.717) is 0 Å². The van der Waals surface area contributed by atoms with Crippen LogP contribution in [0.3, 0.4) is 0 Å². The van der Waals surface area contributed by atoms with Crippen molar-refractivity contribution in [2.75, 3.05) is 0 Å². The van der Waals surface area contributed by atoms with E-state index in [9.17, 15) is 5.11 Å². The Morgan fingerprint density at radius 1 is 0.950 bits per heavy atom. The molecule has 3 rings (SSSR count). The number of hydrogen-bond acceptors (Lipinski definition) is 2. The smallest absolute Gasteiger partial charge is 0.222 e. The van der Waals surface area contributed by atoms with Gasteiger partial charge in [0.2, 0.25) is 5.88 Å². The summed E-state index contributed by atoms with van der Waals surface area (Å²) >= 11 is 0. The van der Waals surface area contributed by atoms with Gasteiger partial charge in [0.05, 0.1) is 17.4 Å². The van der Waals surface area contributed by atoms with Crippen LogP contribution in [0, 0.1) is 13.8 Å². The van der Waals surface area contributed by atoms with Gasteiger partial charge in [-0.2, -0.15) is 5.10 Å². The summed E-state index contributed by atoms with van der Waals surface area (Å²) in [7, 11) is 0. The third kappa shape index (κ3) is 2.07. The van der Waals surface area contributed by atoms with Crippen molar-refractivity contribution >= 4 is 0 Å². The molecule has 3 aromatic rings. The van der Waals surface area contributed by atoms with Gasteiger partial charge in [-0.3, -0.25) is 0 Å². The first-order chi connectivity index (χ1) is 9.66. The summed E-state index contributed by atoms with van der Waals surface area (Å²) in [6, 6.07) is 15.9. The number of rotatable bonds is 2. The van der Waals surface area contributed by atoms with Gasteiger partial charge in [0.15, 0.2) is 0 Å². The number of aromatic hydroxyl groups is 1. The largest absolute Gasteiger partial charge is 0.493 e. The molecule has 2 aromatic carbocycles. The fourth-order valence-electron chi connectivity index (χ4n) is 2.36. The minimum absolute atomic E-state index is 0.171. The fourth-order valence-corrected chi connectivity index (χ4v) is 2.36. The van der Waals surface area contributed by atoms with Gasteiger partial charge in [0, 0.05) is 0 Å². The van der Waals surface area contributed by atoms with Crippen LogP contribution in [-0.2, 0) is 0 Å². The quantitative estimate of drug-likeness (QED) is 0.763. The molecule has 0 spiro atoms. The first kappa shape index (κ1) is 12.5. The summed E-state index contributed by atoms with van der Waals surface area (Å²) in [5, 5.41) is 14.8. The second-order valence-electron chi connectivity index (χ2n) is 4.95. The summed E-state index contributed by atoms with van der Waals surface area (Å²) in [4.78, 5) is 0. The number of hydrogen-bond donors (Lipinski definition) is 1. The molecule has 0 radical (unpaired) electrons. The molecular weight excluding hydrogens is 248 g/mol. The Labute approximate surface area is 118 Å². The van der Waals surface area contributed by atoms with Gasteiger partial charge in [-0.05, 0) is 42.7 Å². The molecule has 0 aliphatic rings. The van der Waals surface area contributed by atoms with Gasteiger partial charge in [-0.1, -0.05) is 36.4 Å². The molecule has 100 valence electrons. The van der Waals surface area contributed by atoms with E-state index in [4.69, 9.17) is 0 Å². The molecule has 0 bridgehead atoms. The number of benzene rings is 2. The maximum absolute atomic E-state index is 10.5. The third-order valence-electron chi connectivity index (χ3n) is 3.43. The van der Waals surface area contributed by atoms with Crippen LogP contribution in [-0.4, -0.2) is 14.9 Å². The monoisotopic (exact) mass is 264 g/mol. The van der Waals surface area contributed by atoms with E-state index in [1.807, 2.05) is 62.4 Å². The van der Waals surface area contributed by atoms with Gasteiger partial charge >= 0.3 is 0 Å². The van der Waals surface area contributed by atoms with Crippen molar-refractivity contribution in [3.63, 3.8) is 0 Å². The minimum atomic E-state index is 0.171. The highest BCUT2D eigenvalue weighted by molar-refractivity contribution is 5.71. The summed E-state index contributed by atoms with van der Waals surface area (Å²) in [5.74, 6) is 0.171. The molecule has 0 saturated carbocycles. The Kier molecular flexibility index (Phi) is 3.03. The van der Waals surface area contributed by atoms with E-state index in [0.717, 1.165) is 27.9 Å². The van der Waals surface area contributed by atoms with Gasteiger partial charge in [-0.25, -0.2) is 4.68 Å². The second-order valence-corrected chi connectivity index (χ2v) is 4.95. The number of aryl methyl sites for hydroxylation is 2. The lowest BCUT2D eigenvalue weighted by Crippen LogP contribution is -1.95. The zero-order valence-electron chi connectivity index (χ0n) is 11.5. The van der Waals surface area contributed by atoms with Crippen LogP contribution in [0.25, 0.3) is 16.8 Å². The van der Waals surface area contributed by atoms with Crippen LogP contribution >= 0.6 is 0 Å². The van der Waals surface area contributed by atoms with E-state index in [-0.39, 0.29) is 5.88 Å². The number of aromatic nitrogens is 2. The molecule has 0 unspecified atom stereocenters. The Hall–Kier alpha value is -2.55. The topological polar surface area (TPSA) is 38.0 Å². The molecule has 0 aliphatic heterocycles. The average Bonchev–Trinajstić information content (AvgIpc) is 2.81. The molecule has 1 aromatic heterocycles. The van der Waals surface area contributed by atoms with Crippen molar-refractivity contribution in [1.29, 1.82) is 0 Å². The Morgan fingerprint density at radius 3 is 2.50 bits per heavy atom. The van der Waals surface area contributed by atoms with E-state index in [1.54, 1.807) is 10.9 Å². The molecule has 0 saturated heterocycles. The predicted molar refractivity (Wildman–Crippen MR) is 80.1 cm³/mol. The molecule has 0 fully saturated rings. The van der Waals surface area contributed by atoms with Crippen molar-refractivity contribution in [2.24, 2.45) is 0 Å². The van der Waals surface area contributed by atoms with Gasteiger partial charge in [-0.15, -0.1) is 0 Å². The van der Waals surface area contributed by atoms with E-state index in [1.165, 1.54) is 0 Å². The highest BCUT2D eigenvalue weighted by Crippen LogP contribution is 2.32. The maximum Gasteiger partial charge on any atom is 0.222 e. The first-order valence-electron chi connectivity index (χ1n) is 6.57. The molecule has 3 heteroatoms. The van der Waals surface area contributed by atoms with Crippen LogP contribution in [0.4, 0.5) is 0 Å². The van der Waals surface area contributed by atoms with Crippen molar-refractivity contribution in [3.8, 4) is 22.7 Å². The number of nitrogens with zero attached hydrogens (tertiary/aromatic N) is 2. The van der Waals surface area contributed by atoms with Crippen molar-refractivity contribution in [3.05, 3.63) is 65.9 Å². The highest BCUT2D eigenvalue weighted by Gasteiger charge is 2.14. The lowest BCUT2D eigenvalue weighted by molar-refractivity contribution is 0.435. The molecule has 0 amide bonds. The highest BCUT2D eigenvalue weighted by atomic mass is 16.3. The summed E-state index contributed by atoms with van der Waals surface area (Å²) in [6.07, 6.45) is 1.71. The molecule has 20 heavy (non-hydrogen) atoms. The Balaban J connectivity index is 2.12. The van der Waals surface area contributed by atoms with Crippen LogP contribution < -0.4 is 0 Å². The zero-order chi connectivity index (χ0) is 14.1. The molecule has 0 atom stereocenters. The minimum Gasteiger partial charge on any atom is -0.493 e. The van der Waals surface area contributed by atoms with Crippen molar-refractivity contribution < 1.29 is 5.11 Å². The predicted octanol–water partition coefficient (Wildman–Crippen LogP) is 3.86. The maximum atomic E-state index is 10.5. The summed E-state index contributed by atoms with van der Waals surface area (Å²) < 4.78 is 1.56. The average molecular weight is 264 g/mol. The van der Waals surface area contributed by atoms with Crippen LogP contribution in [0.2, 0.25) is 0 Å². The lowest BCUT2D eigenvalue weighted by Gasteiger charge is -2.06. The fraction of sp³-hybridized carbons (Fsp3) is 0.118. The second kappa shape index (κ2) is 4.85. The summed E-state index contributed by atoms with van der Waals surface area (Å²) in [5.41, 5.74) is 4.87. The van der Waals surface area contributed by atoms with Crippen LogP contribution in [0.1, 0.15) is 11.1 Å². The Bertz CT molecular complexity index is 759. The summed E-state index contributed by atoms with van der Waals surface area (Å²) in [6.45, 7) is 4.05. The zero-order valence-corrected chi connectivity index (χ0v) is 11.5. The molecule has 0 aliphatic carbocycles. The van der Waals surface area contributed by atoms with Crippen LogP contribution in [0.5, 0.6) is 5.88 Å². The Morgan fingerprint density at radius 2 is 1.75 bits per heavy atom. The van der Waals surface area contributed by atoms with E-state index < -0.39 is 0 Å². The van der Waals surface area contributed by atoms with Crippen molar-refractivity contribution in [1.82, 2.24) is 9.78 Å². The molecular formula is C17H16N2O. The normalized spacial score (nSPS) is 10.7. The van der Waals surface area contributed by atoms with Gasteiger partial charge in [0.1, 0.15) is 0 Å². The SMILES string of the molecule is Cc1cccc(-n2ncc(-c3ccccc3C)c2O)c1. The first-order valence-corrected chi connectivity index (χ1v) is 6.57. The van der Waals surface area contributed by atoms with Crippen LogP contribution in [0.15, 0.2) is 54.7 Å². The van der Waals surface area contributed by atoms with Crippen molar-refractivity contribution in [2.45, 2.75) is 13.8 Å². The van der Waals surface area contributed by atoms with Gasteiger partial charge < -0.3 is 5.11 Å². The standard InChI is InChI=1S/C17H16N2O/c1-12-6-5-8-14(10-12)19-17(20)16(11-18-19)15-9-4-3-7-13(15)2/h3-11,20H,1-2H3. The molecule has 3 nitrogen and oxygen atoms in total.